The van der Waals surface area contributed by atoms with E-state index in [4.69, 9.17) is 4.74 Å². The number of ether oxygens (including phenoxy) is 1. The molecule has 1 amide bonds. The van der Waals surface area contributed by atoms with E-state index >= 15 is 0 Å². The maximum Gasteiger partial charge on any atom is 0.409 e. The molecule has 4 heteroatoms. The molecule has 0 aliphatic carbocycles. The molecule has 0 atom stereocenters. The molecule has 0 fully saturated rings. The predicted octanol–water partition coefficient (Wildman–Crippen LogP) is 2.65. The zero-order chi connectivity index (χ0) is 11.1. The van der Waals surface area contributed by atoms with Crippen molar-refractivity contribution in [3.8, 4) is 0 Å². The highest BCUT2D eigenvalue weighted by atomic mass is 79.9. The summed E-state index contributed by atoms with van der Waals surface area (Å²) in [5.74, 6) is 0. The van der Waals surface area contributed by atoms with E-state index in [1.165, 1.54) is 4.90 Å². The zero-order valence-electron chi connectivity index (χ0n) is 8.65. The number of halogens is 1. The summed E-state index contributed by atoms with van der Waals surface area (Å²) in [6.45, 7) is 0.972. The number of carbonyl (C=O) groups excluding carboxylic acids is 1. The van der Waals surface area contributed by atoms with Gasteiger partial charge in [-0.2, -0.15) is 0 Å². The van der Waals surface area contributed by atoms with E-state index in [0.717, 1.165) is 10.9 Å². The Morgan fingerprint density at radius 1 is 1.40 bits per heavy atom. The molecule has 0 saturated carbocycles. The summed E-state index contributed by atoms with van der Waals surface area (Å²) in [4.78, 5) is 12.9. The normalized spacial score (nSPS) is 9.73. The Kier molecular flexibility index (Phi) is 5.18. The summed E-state index contributed by atoms with van der Waals surface area (Å²) < 4.78 is 5.11. The maximum absolute atomic E-state index is 11.4. The Balaban J connectivity index is 2.34. The first-order chi connectivity index (χ1) is 7.24. The molecule has 3 nitrogen and oxygen atoms in total. The highest BCUT2D eigenvalue weighted by molar-refractivity contribution is 9.09. The van der Waals surface area contributed by atoms with Crippen LogP contribution in [0, 0.1) is 0 Å². The van der Waals surface area contributed by atoms with Crippen molar-refractivity contribution in [1.82, 2.24) is 4.90 Å². The van der Waals surface area contributed by atoms with Crippen LogP contribution in [0.1, 0.15) is 5.56 Å². The second-order valence-corrected chi connectivity index (χ2v) is 3.94. The fourth-order valence-corrected chi connectivity index (χ4v) is 1.58. The van der Waals surface area contributed by atoms with Gasteiger partial charge < -0.3 is 9.64 Å². The Labute approximate surface area is 98.2 Å². The minimum absolute atomic E-state index is 0.293. The standard InChI is InChI=1S/C11H14BrNO2/c1-13(8-7-12)11(14)15-9-10-5-3-2-4-6-10/h2-6H,7-9H2,1H3. The fourth-order valence-electron chi connectivity index (χ4n) is 1.05. The van der Waals surface area contributed by atoms with Gasteiger partial charge in [-0.3, -0.25) is 0 Å². The molecule has 1 aromatic rings. The van der Waals surface area contributed by atoms with Crippen LogP contribution in [-0.4, -0.2) is 29.9 Å². The van der Waals surface area contributed by atoms with Crippen LogP contribution in [0.25, 0.3) is 0 Å². The molecule has 0 unspecified atom stereocenters. The average Bonchev–Trinajstić information content (AvgIpc) is 2.27. The van der Waals surface area contributed by atoms with Crippen LogP contribution in [0.4, 0.5) is 4.79 Å². The highest BCUT2D eigenvalue weighted by Gasteiger charge is 2.08. The van der Waals surface area contributed by atoms with Gasteiger partial charge in [0.05, 0.1) is 0 Å². The van der Waals surface area contributed by atoms with Crippen LogP contribution in [0.3, 0.4) is 0 Å². The lowest BCUT2D eigenvalue weighted by Crippen LogP contribution is -2.28. The van der Waals surface area contributed by atoms with Crippen LogP contribution < -0.4 is 0 Å². The topological polar surface area (TPSA) is 29.5 Å². The molecule has 0 radical (unpaired) electrons. The van der Waals surface area contributed by atoms with E-state index in [2.05, 4.69) is 15.9 Å². The molecule has 1 aromatic carbocycles. The lowest BCUT2D eigenvalue weighted by Gasteiger charge is -2.15. The first-order valence-corrected chi connectivity index (χ1v) is 5.84. The van der Waals surface area contributed by atoms with Crippen LogP contribution in [-0.2, 0) is 11.3 Å². The second kappa shape index (κ2) is 6.45. The lowest BCUT2D eigenvalue weighted by atomic mass is 10.2. The van der Waals surface area contributed by atoms with E-state index in [1.807, 2.05) is 30.3 Å². The third-order valence-corrected chi connectivity index (χ3v) is 2.29. The van der Waals surface area contributed by atoms with Gasteiger partial charge in [0.2, 0.25) is 0 Å². The molecule has 0 aliphatic rings. The van der Waals surface area contributed by atoms with Gasteiger partial charge in [0.25, 0.3) is 0 Å². The molecule has 1 rings (SSSR count). The van der Waals surface area contributed by atoms with Crippen LogP contribution in [0.5, 0.6) is 0 Å². The minimum atomic E-state index is -0.293. The number of hydrogen-bond acceptors (Lipinski definition) is 2. The smallest absolute Gasteiger partial charge is 0.409 e. The molecular formula is C11H14BrNO2. The van der Waals surface area contributed by atoms with Crippen molar-refractivity contribution in [1.29, 1.82) is 0 Å². The molecule has 0 saturated heterocycles. The van der Waals surface area contributed by atoms with Crippen molar-refractivity contribution in [3.63, 3.8) is 0 Å². The maximum atomic E-state index is 11.4. The number of alkyl halides is 1. The lowest BCUT2D eigenvalue weighted by molar-refractivity contribution is 0.107. The van der Waals surface area contributed by atoms with Crippen LogP contribution in [0.15, 0.2) is 30.3 Å². The summed E-state index contributed by atoms with van der Waals surface area (Å²) in [6.07, 6.45) is -0.293. The van der Waals surface area contributed by atoms with Crippen LogP contribution >= 0.6 is 15.9 Å². The Hall–Kier alpha value is -1.03. The molecule has 82 valence electrons. The van der Waals surface area contributed by atoms with Crippen molar-refractivity contribution in [2.75, 3.05) is 18.9 Å². The Morgan fingerprint density at radius 3 is 2.67 bits per heavy atom. The number of nitrogens with zero attached hydrogens (tertiary/aromatic N) is 1. The van der Waals surface area contributed by atoms with Crippen molar-refractivity contribution in [2.45, 2.75) is 6.61 Å². The predicted molar refractivity (Wildman–Crippen MR) is 63.1 cm³/mol. The number of amides is 1. The number of hydrogen-bond donors (Lipinski definition) is 0. The molecule has 0 heterocycles. The monoisotopic (exact) mass is 271 g/mol. The number of carbonyl (C=O) groups is 1. The molecular weight excluding hydrogens is 258 g/mol. The van der Waals surface area contributed by atoms with E-state index < -0.39 is 0 Å². The summed E-state index contributed by atoms with van der Waals surface area (Å²) >= 11 is 3.26. The van der Waals surface area contributed by atoms with Gasteiger partial charge >= 0.3 is 6.09 Å². The Morgan fingerprint density at radius 2 is 2.07 bits per heavy atom. The van der Waals surface area contributed by atoms with Gasteiger partial charge in [0, 0.05) is 18.9 Å². The van der Waals surface area contributed by atoms with E-state index in [9.17, 15) is 4.79 Å². The molecule has 0 N–H and O–H groups in total. The minimum Gasteiger partial charge on any atom is -0.445 e. The van der Waals surface area contributed by atoms with Gasteiger partial charge in [-0.15, -0.1) is 0 Å². The molecule has 0 spiro atoms. The summed E-state index contributed by atoms with van der Waals surface area (Å²) in [7, 11) is 1.72. The second-order valence-electron chi connectivity index (χ2n) is 3.15. The molecule has 0 bridgehead atoms. The summed E-state index contributed by atoms with van der Waals surface area (Å²) in [5.41, 5.74) is 0.998. The quantitative estimate of drug-likeness (QED) is 0.788. The van der Waals surface area contributed by atoms with E-state index in [-0.39, 0.29) is 6.09 Å². The van der Waals surface area contributed by atoms with E-state index in [1.54, 1.807) is 7.05 Å². The van der Waals surface area contributed by atoms with Gasteiger partial charge in [-0.25, -0.2) is 4.79 Å². The molecule has 0 aliphatic heterocycles. The third kappa shape index (κ3) is 4.34. The van der Waals surface area contributed by atoms with Gasteiger partial charge in [-0.05, 0) is 5.56 Å². The zero-order valence-corrected chi connectivity index (χ0v) is 10.2. The SMILES string of the molecule is CN(CCBr)C(=O)OCc1ccccc1. The van der Waals surface area contributed by atoms with Gasteiger partial charge in [0.15, 0.2) is 0 Å². The number of benzene rings is 1. The van der Waals surface area contributed by atoms with Crippen molar-refractivity contribution < 1.29 is 9.53 Å². The summed E-state index contributed by atoms with van der Waals surface area (Å²) in [5, 5.41) is 0.754. The van der Waals surface area contributed by atoms with Crippen molar-refractivity contribution in [2.24, 2.45) is 0 Å². The van der Waals surface area contributed by atoms with E-state index in [0.29, 0.717) is 13.2 Å². The van der Waals surface area contributed by atoms with Gasteiger partial charge in [-0.1, -0.05) is 46.3 Å². The first kappa shape index (κ1) is 12.0. The largest absolute Gasteiger partial charge is 0.445 e. The fraction of sp³-hybridized carbons (Fsp3) is 0.364. The average molecular weight is 272 g/mol. The summed E-state index contributed by atoms with van der Waals surface area (Å²) in [6, 6.07) is 9.63. The van der Waals surface area contributed by atoms with Gasteiger partial charge in [0.1, 0.15) is 6.61 Å². The number of rotatable bonds is 4. The molecule has 0 aromatic heterocycles. The third-order valence-electron chi connectivity index (χ3n) is 1.94. The van der Waals surface area contributed by atoms with Crippen LogP contribution in [0.2, 0.25) is 0 Å². The molecule has 15 heavy (non-hydrogen) atoms. The highest BCUT2D eigenvalue weighted by Crippen LogP contribution is 2.02. The first-order valence-electron chi connectivity index (χ1n) is 4.72. The Bertz CT molecular complexity index is 303. The van der Waals surface area contributed by atoms with Crippen molar-refractivity contribution in [3.05, 3.63) is 35.9 Å². The van der Waals surface area contributed by atoms with Crippen molar-refractivity contribution >= 4 is 22.0 Å².